The summed E-state index contributed by atoms with van der Waals surface area (Å²) < 4.78 is 7.35. The number of aromatic nitrogens is 2. The minimum absolute atomic E-state index is 0.0187. The van der Waals surface area contributed by atoms with E-state index >= 15 is 0 Å². The number of ether oxygens (including phenoxy) is 1. The van der Waals surface area contributed by atoms with Gasteiger partial charge in [-0.25, -0.2) is 0 Å². The molecule has 1 aliphatic rings. The van der Waals surface area contributed by atoms with Gasteiger partial charge in [0.25, 0.3) is 5.91 Å². The number of methoxy groups -OCH3 is 1. The van der Waals surface area contributed by atoms with E-state index in [1.807, 2.05) is 10.9 Å². The Labute approximate surface area is 132 Å². The van der Waals surface area contributed by atoms with Gasteiger partial charge in [-0.3, -0.25) is 9.48 Å². The Morgan fingerprint density at radius 3 is 2.95 bits per heavy atom. The predicted molar refractivity (Wildman–Crippen MR) is 86.0 cm³/mol. The number of rotatable bonds is 5. The van der Waals surface area contributed by atoms with Crippen LogP contribution < -0.4 is 10.6 Å². The Morgan fingerprint density at radius 1 is 1.59 bits per heavy atom. The van der Waals surface area contributed by atoms with E-state index in [4.69, 9.17) is 4.74 Å². The van der Waals surface area contributed by atoms with Gasteiger partial charge in [0.05, 0.1) is 12.1 Å². The lowest BCUT2D eigenvalue weighted by molar-refractivity contribution is 0.0175. The zero-order valence-electron chi connectivity index (χ0n) is 14.1. The summed E-state index contributed by atoms with van der Waals surface area (Å²) in [6.07, 6.45) is 4.11. The first-order valence-corrected chi connectivity index (χ1v) is 7.98. The van der Waals surface area contributed by atoms with E-state index in [1.54, 1.807) is 13.2 Å². The van der Waals surface area contributed by atoms with Crippen molar-refractivity contribution in [3.05, 3.63) is 18.0 Å². The molecule has 1 aliphatic heterocycles. The Hall–Kier alpha value is -1.40. The molecule has 1 saturated heterocycles. The number of piperidine rings is 1. The molecule has 6 nitrogen and oxygen atoms in total. The van der Waals surface area contributed by atoms with Crippen molar-refractivity contribution in [2.45, 2.75) is 45.8 Å². The van der Waals surface area contributed by atoms with Crippen molar-refractivity contribution in [3.8, 4) is 0 Å². The molecular weight excluding hydrogens is 280 g/mol. The molecule has 2 rings (SSSR count). The smallest absolute Gasteiger partial charge is 0.271 e. The van der Waals surface area contributed by atoms with Crippen molar-refractivity contribution < 1.29 is 9.53 Å². The highest BCUT2D eigenvalue weighted by Crippen LogP contribution is 2.21. The van der Waals surface area contributed by atoms with Crippen LogP contribution in [-0.4, -0.2) is 48.5 Å². The van der Waals surface area contributed by atoms with Gasteiger partial charge in [-0.1, -0.05) is 20.8 Å². The molecule has 0 aliphatic carbocycles. The normalized spacial score (nSPS) is 20.6. The predicted octanol–water partition coefficient (Wildman–Crippen LogP) is 1.60. The molecule has 0 bridgehead atoms. The molecule has 1 fully saturated rings. The first-order valence-electron chi connectivity index (χ1n) is 7.98. The summed E-state index contributed by atoms with van der Waals surface area (Å²) in [7, 11) is 1.67. The van der Waals surface area contributed by atoms with Crippen LogP contribution in [0.4, 0.5) is 0 Å². The van der Waals surface area contributed by atoms with Crippen LogP contribution in [0.2, 0.25) is 0 Å². The molecule has 124 valence electrons. The van der Waals surface area contributed by atoms with E-state index < -0.39 is 0 Å². The van der Waals surface area contributed by atoms with Gasteiger partial charge in [-0.15, -0.1) is 0 Å². The van der Waals surface area contributed by atoms with Crippen LogP contribution in [0.1, 0.15) is 50.1 Å². The molecule has 22 heavy (non-hydrogen) atoms. The molecule has 0 spiro atoms. The first kappa shape index (κ1) is 17.0. The third-order valence-corrected chi connectivity index (χ3v) is 4.18. The zero-order valence-corrected chi connectivity index (χ0v) is 14.1. The average Bonchev–Trinajstić information content (AvgIpc) is 2.97. The molecule has 1 amide bonds. The number of nitrogens with zero attached hydrogens (tertiary/aromatic N) is 2. The maximum atomic E-state index is 12.2. The maximum Gasteiger partial charge on any atom is 0.271 e. The lowest BCUT2D eigenvalue weighted by atomic mass is 9.89. The second kappa shape index (κ2) is 7.24. The van der Waals surface area contributed by atoms with E-state index in [2.05, 4.69) is 36.5 Å². The lowest BCUT2D eigenvalue weighted by Gasteiger charge is -2.29. The molecule has 0 radical (unpaired) electrons. The Bertz CT molecular complexity index is 487. The van der Waals surface area contributed by atoms with Crippen LogP contribution in [0.5, 0.6) is 0 Å². The van der Waals surface area contributed by atoms with Crippen LogP contribution in [-0.2, 0) is 4.74 Å². The van der Waals surface area contributed by atoms with Crippen molar-refractivity contribution in [2.24, 2.45) is 5.41 Å². The van der Waals surface area contributed by atoms with Crippen molar-refractivity contribution in [1.82, 2.24) is 20.4 Å². The highest BCUT2D eigenvalue weighted by atomic mass is 16.5. The lowest BCUT2D eigenvalue weighted by Crippen LogP contribution is -2.40. The minimum atomic E-state index is -0.145. The topological polar surface area (TPSA) is 68.2 Å². The van der Waals surface area contributed by atoms with Crippen LogP contribution >= 0.6 is 0 Å². The number of carbonyl (C=O) groups excluding carboxylic acids is 1. The fraction of sp³-hybridized carbons (Fsp3) is 0.750. The van der Waals surface area contributed by atoms with Gasteiger partial charge in [-0.05, 0) is 30.9 Å². The summed E-state index contributed by atoms with van der Waals surface area (Å²) in [4.78, 5) is 12.2. The van der Waals surface area contributed by atoms with Crippen molar-refractivity contribution >= 4 is 5.91 Å². The van der Waals surface area contributed by atoms with E-state index in [1.165, 1.54) is 0 Å². The van der Waals surface area contributed by atoms with E-state index in [9.17, 15) is 4.79 Å². The fourth-order valence-corrected chi connectivity index (χ4v) is 2.74. The highest BCUT2D eigenvalue weighted by Gasteiger charge is 2.25. The fourth-order valence-electron chi connectivity index (χ4n) is 2.74. The maximum absolute atomic E-state index is 12.2. The van der Waals surface area contributed by atoms with Gasteiger partial charge in [0.15, 0.2) is 0 Å². The molecule has 1 aromatic heterocycles. The highest BCUT2D eigenvalue weighted by molar-refractivity contribution is 5.92. The van der Waals surface area contributed by atoms with Gasteiger partial charge in [0.1, 0.15) is 5.69 Å². The summed E-state index contributed by atoms with van der Waals surface area (Å²) in [5.41, 5.74) is 0.448. The number of amides is 1. The summed E-state index contributed by atoms with van der Waals surface area (Å²) in [5.74, 6) is -0.145. The zero-order chi connectivity index (χ0) is 16.2. The number of hydrogen-bond acceptors (Lipinski definition) is 4. The third kappa shape index (κ3) is 4.30. The molecule has 6 heteroatoms. The monoisotopic (exact) mass is 308 g/mol. The Balaban J connectivity index is 1.91. The molecule has 1 aromatic rings. The number of hydrogen-bond donors (Lipinski definition) is 2. The minimum Gasteiger partial charge on any atom is -0.379 e. The Kier molecular flexibility index (Phi) is 5.58. The quantitative estimate of drug-likeness (QED) is 0.867. The van der Waals surface area contributed by atoms with Gasteiger partial charge in [-0.2, -0.15) is 5.10 Å². The van der Waals surface area contributed by atoms with E-state index in [0.29, 0.717) is 18.3 Å². The van der Waals surface area contributed by atoms with E-state index in [-0.39, 0.29) is 17.4 Å². The van der Waals surface area contributed by atoms with Crippen LogP contribution in [0, 0.1) is 5.41 Å². The molecule has 2 unspecified atom stereocenters. The van der Waals surface area contributed by atoms with Crippen LogP contribution in [0.15, 0.2) is 12.3 Å². The average molecular weight is 308 g/mol. The molecule has 2 heterocycles. The SMILES string of the molecule is COC(CNC(=O)c1ccn(C2CCCNC2)n1)C(C)(C)C. The molecule has 2 atom stereocenters. The van der Waals surface area contributed by atoms with Gasteiger partial charge in [0.2, 0.25) is 0 Å². The second-order valence-electron chi connectivity index (χ2n) is 6.98. The summed E-state index contributed by atoms with van der Waals surface area (Å²) in [6, 6.07) is 2.12. The number of nitrogens with one attached hydrogen (secondary N) is 2. The van der Waals surface area contributed by atoms with Crippen LogP contribution in [0.3, 0.4) is 0 Å². The summed E-state index contributed by atoms with van der Waals surface area (Å²) in [6.45, 7) is 8.75. The van der Waals surface area contributed by atoms with Crippen molar-refractivity contribution in [1.29, 1.82) is 0 Å². The van der Waals surface area contributed by atoms with Gasteiger partial charge in [0, 0.05) is 26.4 Å². The van der Waals surface area contributed by atoms with E-state index in [0.717, 1.165) is 25.9 Å². The van der Waals surface area contributed by atoms with Crippen LogP contribution in [0.25, 0.3) is 0 Å². The molecule has 2 N–H and O–H groups in total. The summed E-state index contributed by atoms with van der Waals surface area (Å²) in [5, 5.41) is 10.7. The number of carbonyl (C=O) groups is 1. The summed E-state index contributed by atoms with van der Waals surface area (Å²) >= 11 is 0. The first-order chi connectivity index (χ1) is 10.4. The van der Waals surface area contributed by atoms with Crippen molar-refractivity contribution in [2.75, 3.05) is 26.7 Å². The van der Waals surface area contributed by atoms with Crippen molar-refractivity contribution in [3.63, 3.8) is 0 Å². The second-order valence-corrected chi connectivity index (χ2v) is 6.98. The van der Waals surface area contributed by atoms with Gasteiger partial charge >= 0.3 is 0 Å². The van der Waals surface area contributed by atoms with Gasteiger partial charge < -0.3 is 15.4 Å². The molecule has 0 saturated carbocycles. The molecule has 0 aromatic carbocycles. The third-order valence-electron chi connectivity index (χ3n) is 4.18. The standard InChI is InChI=1S/C16H28N4O2/c1-16(2,3)14(22-4)11-18-15(21)13-7-9-20(19-13)12-6-5-8-17-10-12/h7,9,12,14,17H,5-6,8,10-11H2,1-4H3,(H,18,21). The largest absolute Gasteiger partial charge is 0.379 e. The Morgan fingerprint density at radius 2 is 2.36 bits per heavy atom. The molecular formula is C16H28N4O2.